The normalized spacial score (nSPS) is 12.0. The van der Waals surface area contributed by atoms with Crippen LogP contribution in [0.3, 0.4) is 0 Å². The summed E-state index contributed by atoms with van der Waals surface area (Å²) < 4.78 is 39.9. The molecule has 3 aromatic heterocycles. The standard InChI is InChI=1S/C18H15F3N6O2/c1-2-27-16(28)13-15(25-17(27)29)24-14(23-13)11-8-22-26-12(11)7-9-4-3-5-10(6-9)18(19,20)21/h3-6,8H,2,7H2,1H3,(H,22,26)(H,23,24)(H,25,29). The molecule has 0 unspecified atom stereocenters. The van der Waals surface area contributed by atoms with E-state index in [9.17, 15) is 22.8 Å². The largest absolute Gasteiger partial charge is 0.416 e. The Morgan fingerprint density at radius 3 is 2.69 bits per heavy atom. The van der Waals surface area contributed by atoms with Gasteiger partial charge in [0.15, 0.2) is 5.65 Å². The molecule has 0 aliphatic heterocycles. The van der Waals surface area contributed by atoms with Gasteiger partial charge >= 0.3 is 11.9 Å². The number of aromatic nitrogens is 6. The van der Waals surface area contributed by atoms with Gasteiger partial charge in [-0.1, -0.05) is 18.2 Å². The van der Waals surface area contributed by atoms with Crippen LogP contribution in [0.15, 0.2) is 40.1 Å². The minimum absolute atomic E-state index is 0.103. The highest BCUT2D eigenvalue weighted by Gasteiger charge is 2.30. The topological polar surface area (TPSA) is 112 Å². The van der Waals surface area contributed by atoms with Gasteiger partial charge in [-0.15, -0.1) is 0 Å². The van der Waals surface area contributed by atoms with Gasteiger partial charge in [0, 0.05) is 13.0 Å². The predicted molar refractivity (Wildman–Crippen MR) is 98.5 cm³/mol. The van der Waals surface area contributed by atoms with Crippen molar-refractivity contribution in [3.8, 4) is 11.4 Å². The molecule has 4 aromatic rings. The fourth-order valence-corrected chi connectivity index (χ4v) is 3.14. The van der Waals surface area contributed by atoms with Gasteiger partial charge in [0.25, 0.3) is 5.56 Å². The molecular weight excluding hydrogens is 389 g/mol. The Labute approximate surface area is 160 Å². The molecule has 0 aliphatic rings. The minimum Gasteiger partial charge on any atom is -0.332 e. The van der Waals surface area contributed by atoms with E-state index >= 15 is 0 Å². The number of H-pyrrole nitrogens is 3. The molecule has 29 heavy (non-hydrogen) atoms. The Bertz CT molecular complexity index is 1310. The van der Waals surface area contributed by atoms with E-state index in [0.717, 1.165) is 16.7 Å². The van der Waals surface area contributed by atoms with Gasteiger partial charge in [-0.3, -0.25) is 19.4 Å². The number of halogens is 3. The van der Waals surface area contributed by atoms with Crippen molar-refractivity contribution in [1.29, 1.82) is 0 Å². The zero-order chi connectivity index (χ0) is 20.8. The maximum absolute atomic E-state index is 12.9. The van der Waals surface area contributed by atoms with Crippen LogP contribution < -0.4 is 11.2 Å². The molecule has 4 rings (SSSR count). The molecule has 1 aromatic carbocycles. The summed E-state index contributed by atoms with van der Waals surface area (Å²) in [6.07, 6.45) is -2.83. The van der Waals surface area contributed by atoms with E-state index in [0.29, 0.717) is 16.8 Å². The summed E-state index contributed by atoms with van der Waals surface area (Å²) in [7, 11) is 0. The number of nitrogens with zero attached hydrogens (tertiary/aromatic N) is 3. The van der Waals surface area contributed by atoms with Gasteiger partial charge in [0.05, 0.1) is 23.0 Å². The molecule has 0 fully saturated rings. The van der Waals surface area contributed by atoms with Gasteiger partial charge in [-0.2, -0.15) is 18.3 Å². The lowest BCUT2D eigenvalue weighted by Gasteiger charge is -2.08. The number of alkyl halides is 3. The van der Waals surface area contributed by atoms with Crippen LogP contribution in [-0.4, -0.2) is 29.7 Å². The zero-order valence-electron chi connectivity index (χ0n) is 15.1. The maximum Gasteiger partial charge on any atom is 0.416 e. The van der Waals surface area contributed by atoms with Crippen LogP contribution in [-0.2, 0) is 19.1 Å². The maximum atomic E-state index is 12.9. The van der Waals surface area contributed by atoms with E-state index in [-0.39, 0.29) is 30.0 Å². The van der Waals surface area contributed by atoms with Crippen molar-refractivity contribution >= 4 is 11.2 Å². The molecule has 3 heterocycles. The summed E-state index contributed by atoms with van der Waals surface area (Å²) in [6.45, 7) is 1.87. The van der Waals surface area contributed by atoms with Crippen LogP contribution in [0.2, 0.25) is 0 Å². The third-order valence-corrected chi connectivity index (χ3v) is 4.56. The van der Waals surface area contributed by atoms with Crippen LogP contribution in [0, 0.1) is 0 Å². The summed E-state index contributed by atoms with van der Waals surface area (Å²) in [5.74, 6) is 0.275. The van der Waals surface area contributed by atoms with Crippen LogP contribution in [0.5, 0.6) is 0 Å². The fraction of sp³-hybridized carbons (Fsp3) is 0.222. The second kappa shape index (κ2) is 6.76. The van der Waals surface area contributed by atoms with Crippen molar-refractivity contribution in [3.05, 3.63) is 68.1 Å². The molecule has 0 amide bonds. The predicted octanol–water partition coefficient (Wildman–Crippen LogP) is 2.43. The third kappa shape index (κ3) is 3.35. The van der Waals surface area contributed by atoms with Gasteiger partial charge in [0.2, 0.25) is 0 Å². The lowest BCUT2D eigenvalue weighted by molar-refractivity contribution is -0.137. The summed E-state index contributed by atoms with van der Waals surface area (Å²) >= 11 is 0. The highest BCUT2D eigenvalue weighted by molar-refractivity contribution is 5.75. The van der Waals surface area contributed by atoms with Gasteiger partial charge in [-0.05, 0) is 18.6 Å². The van der Waals surface area contributed by atoms with Crippen molar-refractivity contribution in [2.45, 2.75) is 26.1 Å². The Hall–Kier alpha value is -3.63. The second-order valence-electron chi connectivity index (χ2n) is 6.43. The smallest absolute Gasteiger partial charge is 0.332 e. The van der Waals surface area contributed by atoms with Crippen LogP contribution >= 0.6 is 0 Å². The molecule has 150 valence electrons. The van der Waals surface area contributed by atoms with Gasteiger partial charge < -0.3 is 4.98 Å². The number of imidazole rings is 1. The minimum atomic E-state index is -4.43. The number of nitrogens with one attached hydrogen (secondary N) is 3. The fourth-order valence-electron chi connectivity index (χ4n) is 3.14. The first-order valence-electron chi connectivity index (χ1n) is 8.69. The second-order valence-corrected chi connectivity index (χ2v) is 6.43. The summed E-state index contributed by atoms with van der Waals surface area (Å²) in [6, 6.07) is 5.00. The first kappa shape index (κ1) is 18.7. The van der Waals surface area contributed by atoms with E-state index in [1.807, 2.05) is 0 Å². The molecule has 0 spiro atoms. The zero-order valence-corrected chi connectivity index (χ0v) is 15.1. The average molecular weight is 404 g/mol. The van der Waals surface area contributed by atoms with E-state index in [4.69, 9.17) is 0 Å². The quantitative estimate of drug-likeness (QED) is 0.485. The number of hydrogen-bond acceptors (Lipinski definition) is 4. The van der Waals surface area contributed by atoms with Crippen LogP contribution in [0.1, 0.15) is 23.7 Å². The van der Waals surface area contributed by atoms with E-state index in [1.165, 1.54) is 12.3 Å². The summed E-state index contributed by atoms with van der Waals surface area (Å²) in [5.41, 5.74) is -0.143. The van der Waals surface area contributed by atoms with Crippen molar-refractivity contribution in [2.24, 2.45) is 0 Å². The summed E-state index contributed by atoms with van der Waals surface area (Å²) in [5, 5.41) is 6.70. The molecule has 0 bridgehead atoms. The lowest BCUT2D eigenvalue weighted by atomic mass is 10.0. The van der Waals surface area contributed by atoms with Crippen molar-refractivity contribution in [1.82, 2.24) is 29.7 Å². The Morgan fingerprint density at radius 1 is 1.17 bits per heavy atom. The average Bonchev–Trinajstić information content (AvgIpc) is 3.28. The van der Waals surface area contributed by atoms with Crippen molar-refractivity contribution < 1.29 is 13.2 Å². The van der Waals surface area contributed by atoms with Crippen LogP contribution in [0.25, 0.3) is 22.6 Å². The molecule has 0 saturated heterocycles. The molecule has 8 nitrogen and oxygen atoms in total. The Balaban J connectivity index is 1.75. The van der Waals surface area contributed by atoms with Gasteiger partial charge in [0.1, 0.15) is 11.3 Å². The van der Waals surface area contributed by atoms with Crippen molar-refractivity contribution in [2.75, 3.05) is 0 Å². The van der Waals surface area contributed by atoms with E-state index in [2.05, 4.69) is 25.1 Å². The highest BCUT2D eigenvalue weighted by Crippen LogP contribution is 2.30. The number of hydrogen-bond donors (Lipinski definition) is 3. The van der Waals surface area contributed by atoms with E-state index < -0.39 is 23.0 Å². The molecular formula is C18H15F3N6O2. The van der Waals surface area contributed by atoms with Crippen LogP contribution in [0.4, 0.5) is 13.2 Å². The monoisotopic (exact) mass is 404 g/mol. The number of fused-ring (bicyclic) bond motifs is 1. The molecule has 3 N–H and O–H groups in total. The van der Waals surface area contributed by atoms with Crippen molar-refractivity contribution in [3.63, 3.8) is 0 Å². The Morgan fingerprint density at radius 2 is 1.97 bits per heavy atom. The first-order chi connectivity index (χ1) is 13.8. The number of aromatic amines is 3. The lowest BCUT2D eigenvalue weighted by Crippen LogP contribution is -2.34. The van der Waals surface area contributed by atoms with E-state index in [1.54, 1.807) is 13.0 Å². The number of rotatable bonds is 4. The molecule has 0 aliphatic carbocycles. The first-order valence-corrected chi connectivity index (χ1v) is 8.69. The SMILES string of the molecule is CCn1c(=O)[nH]c2nc(-c3cn[nH]c3Cc3cccc(C(F)(F)F)c3)[nH]c2c1=O. The van der Waals surface area contributed by atoms with Gasteiger partial charge in [-0.25, -0.2) is 9.78 Å². The summed E-state index contributed by atoms with van der Waals surface area (Å²) in [4.78, 5) is 34.0. The molecule has 11 heteroatoms. The number of benzene rings is 1. The molecule has 0 atom stereocenters. The molecule has 0 radical (unpaired) electrons. The highest BCUT2D eigenvalue weighted by atomic mass is 19.4. The third-order valence-electron chi connectivity index (χ3n) is 4.56. The Kier molecular flexibility index (Phi) is 4.36. The molecule has 0 saturated carbocycles.